The number of rotatable bonds is 2. The van der Waals surface area contributed by atoms with E-state index in [-0.39, 0.29) is 17.2 Å². The quantitative estimate of drug-likeness (QED) is 0.568. The number of para-hydroxylation sites is 1. The van der Waals surface area contributed by atoms with E-state index in [4.69, 9.17) is 4.74 Å². The molecular formula is C27H26N2O4. The highest BCUT2D eigenvalue weighted by Crippen LogP contribution is 2.68. The van der Waals surface area contributed by atoms with E-state index >= 15 is 0 Å². The summed E-state index contributed by atoms with van der Waals surface area (Å²) in [6.45, 7) is 1.90. The number of aromatic nitrogens is 1. The Kier molecular flexibility index (Phi) is 3.27. The predicted octanol–water partition coefficient (Wildman–Crippen LogP) is 2.93. The lowest BCUT2D eigenvalue weighted by Gasteiger charge is -2.62. The fourth-order valence-electron chi connectivity index (χ4n) is 7.63. The van der Waals surface area contributed by atoms with Crippen molar-refractivity contribution in [2.75, 3.05) is 13.1 Å². The maximum atomic E-state index is 13.7. The summed E-state index contributed by atoms with van der Waals surface area (Å²) in [6.07, 6.45) is 3.78. The van der Waals surface area contributed by atoms with Gasteiger partial charge in [0.1, 0.15) is 0 Å². The number of ether oxygens (including phenoxy) is 1. The molecule has 2 fully saturated rings. The summed E-state index contributed by atoms with van der Waals surface area (Å²) >= 11 is 0. The number of hydrogen-bond donors (Lipinski definition) is 3. The number of fused-ring (bicyclic) bond motifs is 3. The molecule has 1 aromatic heterocycles. The molecule has 33 heavy (non-hydrogen) atoms. The van der Waals surface area contributed by atoms with Crippen molar-refractivity contribution >= 4 is 10.9 Å². The van der Waals surface area contributed by atoms with Crippen LogP contribution >= 0.6 is 0 Å². The molecular weight excluding hydrogens is 416 g/mol. The van der Waals surface area contributed by atoms with Crippen LogP contribution in [0.2, 0.25) is 0 Å². The Morgan fingerprint density at radius 1 is 1.18 bits per heavy atom. The number of hydrogen-bond acceptors (Lipinski definition) is 5. The number of aliphatic hydroxyl groups is 1. The maximum Gasteiger partial charge on any atom is 0.193 e. The van der Waals surface area contributed by atoms with Crippen LogP contribution in [-0.4, -0.2) is 44.8 Å². The predicted molar refractivity (Wildman–Crippen MR) is 123 cm³/mol. The molecule has 3 heterocycles. The molecule has 0 radical (unpaired) electrons. The highest BCUT2D eigenvalue weighted by Gasteiger charge is 2.72. The van der Waals surface area contributed by atoms with Crippen LogP contribution in [0.1, 0.15) is 47.8 Å². The molecule has 6 heteroatoms. The van der Waals surface area contributed by atoms with E-state index in [1.807, 2.05) is 30.3 Å². The second kappa shape index (κ2) is 5.80. The van der Waals surface area contributed by atoms with Crippen molar-refractivity contribution in [2.45, 2.75) is 55.3 Å². The van der Waals surface area contributed by atoms with Crippen molar-refractivity contribution in [1.29, 1.82) is 0 Å². The number of H-pyrrole nitrogens is 1. The molecule has 1 saturated carbocycles. The molecule has 5 aliphatic rings. The Morgan fingerprint density at radius 3 is 2.88 bits per heavy atom. The summed E-state index contributed by atoms with van der Waals surface area (Å²) in [7, 11) is 0. The average Bonchev–Trinajstić information content (AvgIpc) is 3.55. The van der Waals surface area contributed by atoms with Gasteiger partial charge in [-0.1, -0.05) is 18.2 Å². The Hall–Kier alpha value is -2.83. The van der Waals surface area contributed by atoms with E-state index < -0.39 is 17.1 Å². The third-order valence-electron chi connectivity index (χ3n) is 9.26. The Labute approximate surface area is 190 Å². The first kappa shape index (κ1) is 18.6. The number of nitrogens with one attached hydrogen (secondary N) is 1. The van der Waals surface area contributed by atoms with E-state index in [1.165, 1.54) is 12.8 Å². The number of aromatic amines is 1. The molecule has 2 bridgehead atoms. The van der Waals surface area contributed by atoms with Gasteiger partial charge in [0.15, 0.2) is 23.0 Å². The normalized spacial score (nSPS) is 33.5. The van der Waals surface area contributed by atoms with Gasteiger partial charge in [0.25, 0.3) is 0 Å². The van der Waals surface area contributed by atoms with Crippen LogP contribution in [0.5, 0.6) is 11.5 Å². The zero-order chi connectivity index (χ0) is 22.1. The summed E-state index contributed by atoms with van der Waals surface area (Å²) in [5.41, 5.74) is 2.49. The minimum Gasteiger partial charge on any atom is -0.504 e. The molecule has 0 amide bonds. The van der Waals surface area contributed by atoms with Gasteiger partial charge in [0.2, 0.25) is 0 Å². The van der Waals surface area contributed by atoms with E-state index in [2.05, 4.69) is 9.88 Å². The molecule has 168 valence electrons. The van der Waals surface area contributed by atoms with Crippen molar-refractivity contribution in [3.05, 3.63) is 69.0 Å². The van der Waals surface area contributed by atoms with Gasteiger partial charge in [0.05, 0.1) is 16.7 Å². The molecule has 0 unspecified atom stereocenters. The molecule has 4 atom stereocenters. The lowest BCUT2D eigenvalue weighted by atomic mass is 9.49. The van der Waals surface area contributed by atoms with Crippen LogP contribution in [0.25, 0.3) is 10.9 Å². The molecule has 2 aromatic carbocycles. The molecule has 1 spiro atoms. The van der Waals surface area contributed by atoms with E-state index in [0.29, 0.717) is 29.5 Å². The number of piperidine rings is 1. The standard InChI is InChI=1S/C27H26N2O4/c30-19-8-7-15-11-20-27(32)12-17-22(28-18-4-2-1-3-16(18)23(17)31)25-26(27,21(15)24(19)33-25)9-10-29(20)13-14-5-6-14/h1-4,7-8,14,20,25,30,32H,5-6,9-13H2,(H,28,31)/t20-,25+,26+,27-/m1/s1. The van der Waals surface area contributed by atoms with Gasteiger partial charge in [-0.05, 0) is 61.9 Å². The summed E-state index contributed by atoms with van der Waals surface area (Å²) in [6, 6.07) is 11.2. The number of benzene rings is 2. The highest BCUT2D eigenvalue weighted by atomic mass is 16.5. The van der Waals surface area contributed by atoms with Gasteiger partial charge in [-0.2, -0.15) is 0 Å². The maximum absolute atomic E-state index is 13.7. The first-order valence-electron chi connectivity index (χ1n) is 12.1. The second-order valence-electron chi connectivity index (χ2n) is 10.8. The molecule has 3 aliphatic carbocycles. The number of pyridine rings is 1. The number of aromatic hydroxyl groups is 1. The molecule has 2 aliphatic heterocycles. The van der Waals surface area contributed by atoms with Crippen LogP contribution in [0.4, 0.5) is 0 Å². The minimum atomic E-state index is -1.13. The van der Waals surface area contributed by atoms with Crippen LogP contribution in [0.3, 0.4) is 0 Å². The SMILES string of the molecule is O=c1c2c([nH]c3ccccc13)[C@@H]1Oc3c(O)ccc4c3[C@@]13CCN(CC1CC1)[C@H](C4)[C@]3(O)C2. The average molecular weight is 443 g/mol. The van der Waals surface area contributed by atoms with Crippen LogP contribution in [-0.2, 0) is 18.3 Å². The van der Waals surface area contributed by atoms with Crippen molar-refractivity contribution in [3.8, 4) is 11.5 Å². The fourth-order valence-corrected chi connectivity index (χ4v) is 7.63. The molecule has 3 aromatic rings. The Bertz CT molecular complexity index is 1430. The van der Waals surface area contributed by atoms with E-state index in [9.17, 15) is 15.0 Å². The largest absolute Gasteiger partial charge is 0.504 e. The Morgan fingerprint density at radius 2 is 2.03 bits per heavy atom. The van der Waals surface area contributed by atoms with Crippen LogP contribution in [0.15, 0.2) is 41.2 Å². The lowest BCUT2D eigenvalue weighted by Crippen LogP contribution is -2.75. The Balaban J connectivity index is 1.43. The van der Waals surface area contributed by atoms with Gasteiger partial charge in [-0.15, -0.1) is 0 Å². The van der Waals surface area contributed by atoms with E-state index in [0.717, 1.165) is 47.8 Å². The monoisotopic (exact) mass is 442 g/mol. The topological polar surface area (TPSA) is 85.8 Å². The second-order valence-corrected chi connectivity index (χ2v) is 10.8. The third-order valence-corrected chi connectivity index (χ3v) is 9.26. The fraction of sp³-hybridized carbons (Fsp3) is 0.444. The summed E-state index contributed by atoms with van der Waals surface area (Å²) in [5.74, 6) is 1.33. The zero-order valence-electron chi connectivity index (χ0n) is 18.3. The first-order chi connectivity index (χ1) is 16.0. The molecule has 3 N–H and O–H groups in total. The van der Waals surface area contributed by atoms with Crippen molar-refractivity contribution in [3.63, 3.8) is 0 Å². The van der Waals surface area contributed by atoms with Gasteiger partial charge < -0.3 is 19.9 Å². The summed E-state index contributed by atoms with van der Waals surface area (Å²) in [4.78, 5) is 19.7. The number of phenols is 1. The minimum absolute atomic E-state index is 0.0241. The number of phenolic OH excluding ortho intramolecular Hbond substituents is 1. The van der Waals surface area contributed by atoms with Crippen molar-refractivity contribution in [1.82, 2.24) is 9.88 Å². The van der Waals surface area contributed by atoms with Gasteiger partial charge >= 0.3 is 0 Å². The molecule has 1 saturated heterocycles. The van der Waals surface area contributed by atoms with Crippen LogP contribution in [0, 0.1) is 5.92 Å². The first-order valence-corrected chi connectivity index (χ1v) is 12.1. The smallest absolute Gasteiger partial charge is 0.193 e. The number of nitrogens with zero attached hydrogens (tertiary/aromatic N) is 1. The highest BCUT2D eigenvalue weighted by molar-refractivity contribution is 5.80. The molecule has 8 rings (SSSR count). The number of likely N-dealkylation sites (tertiary alicyclic amines) is 1. The van der Waals surface area contributed by atoms with Crippen LogP contribution < -0.4 is 10.2 Å². The van der Waals surface area contributed by atoms with Gasteiger partial charge in [-0.3, -0.25) is 9.69 Å². The van der Waals surface area contributed by atoms with Gasteiger partial charge in [-0.25, -0.2) is 0 Å². The lowest BCUT2D eigenvalue weighted by molar-refractivity contribution is -0.173. The van der Waals surface area contributed by atoms with Crippen molar-refractivity contribution in [2.24, 2.45) is 5.92 Å². The van der Waals surface area contributed by atoms with Crippen molar-refractivity contribution < 1.29 is 14.9 Å². The van der Waals surface area contributed by atoms with E-state index in [1.54, 1.807) is 6.07 Å². The third kappa shape index (κ3) is 2.06. The molecule has 6 nitrogen and oxygen atoms in total. The summed E-state index contributed by atoms with van der Waals surface area (Å²) in [5, 5.41) is 24.1. The summed E-state index contributed by atoms with van der Waals surface area (Å²) < 4.78 is 6.53. The zero-order valence-corrected chi connectivity index (χ0v) is 18.3. The van der Waals surface area contributed by atoms with Gasteiger partial charge in [0, 0.05) is 41.0 Å².